The highest BCUT2D eigenvalue weighted by atomic mass is 127. The molecule has 0 radical (unpaired) electrons. The van der Waals surface area contributed by atoms with Gasteiger partial charge in [0.15, 0.2) is 0 Å². The molecule has 0 aromatic rings. The number of hydrogen-bond donors (Lipinski definition) is 1. The van der Waals surface area contributed by atoms with E-state index in [1.165, 1.54) is 0 Å². The Morgan fingerprint density at radius 1 is 1.22 bits per heavy atom. The predicted octanol–water partition coefficient (Wildman–Crippen LogP) is 1.94. The Morgan fingerprint density at radius 2 is 2.00 bits per heavy atom. The molecule has 0 aromatic heterocycles. The number of unbranched alkanes of at least 4 members (excludes halogenated alkanes) is 3. The van der Waals surface area contributed by atoms with Gasteiger partial charge in [0.1, 0.15) is 0 Å². The normalized spacial score (nSPS) is 8.22. The number of aliphatic hydroxyl groups excluding tert-OH is 1. The van der Waals surface area contributed by atoms with Crippen LogP contribution in [0.3, 0.4) is 0 Å². The van der Waals surface area contributed by atoms with Crippen molar-refractivity contribution < 1.29 is 5.11 Å². The van der Waals surface area contributed by atoms with E-state index in [0.29, 0.717) is 6.61 Å². The molecule has 0 saturated carbocycles. The van der Waals surface area contributed by atoms with Crippen molar-refractivity contribution in [1.29, 1.82) is 0 Å². The van der Waals surface area contributed by atoms with Crippen molar-refractivity contribution in [1.82, 2.24) is 0 Å². The molecule has 0 amide bonds. The van der Waals surface area contributed by atoms with Crippen molar-refractivity contribution in [2.24, 2.45) is 0 Å². The Labute approximate surface area is 70.0 Å². The molecule has 2 heteroatoms. The summed E-state index contributed by atoms with van der Waals surface area (Å²) in [6.45, 7) is 0.317. The van der Waals surface area contributed by atoms with Crippen LogP contribution >= 0.6 is 22.6 Å². The quantitative estimate of drug-likeness (QED) is 0.450. The maximum Gasteiger partial charge on any atom is 0.0431 e. The molecule has 0 rings (SSSR count). The largest absolute Gasteiger partial charge is 0.396 e. The molecule has 52 valence electrons. The second kappa shape index (κ2) is 8.25. The number of halogens is 1. The zero-order valence-corrected chi connectivity index (χ0v) is 7.52. The summed E-state index contributed by atoms with van der Waals surface area (Å²) in [5.41, 5.74) is 0. The maximum atomic E-state index is 8.39. The highest BCUT2D eigenvalue weighted by Gasteiger charge is 1.83. The molecular weight excluding hydrogens is 227 g/mol. The molecule has 1 nitrogen and oxygen atoms in total. The Morgan fingerprint density at radius 3 is 2.56 bits per heavy atom. The Kier molecular flexibility index (Phi) is 8.48. The molecule has 1 N–H and O–H groups in total. The summed E-state index contributed by atoms with van der Waals surface area (Å²) in [5.74, 6) is 2.96. The smallest absolute Gasteiger partial charge is 0.0431 e. The van der Waals surface area contributed by atoms with Crippen molar-refractivity contribution in [3.8, 4) is 9.85 Å². The Bertz CT molecular complexity index is 101. The lowest BCUT2D eigenvalue weighted by molar-refractivity contribution is 0.283. The zero-order valence-electron chi connectivity index (χ0n) is 5.36. The van der Waals surface area contributed by atoms with Gasteiger partial charge in [0.25, 0.3) is 0 Å². The first kappa shape index (κ1) is 9.25. The fourth-order valence-corrected chi connectivity index (χ4v) is 0.819. The molecule has 0 aromatic carbocycles. The third-order valence-electron chi connectivity index (χ3n) is 1.03. The molecule has 0 unspecified atom stereocenters. The lowest BCUT2D eigenvalue weighted by atomic mass is 10.2. The molecule has 0 fully saturated rings. The standard InChI is InChI=1S/C7H11IO/c8-6-4-2-1-3-5-7-9/h9H,1-3,5,7H2. The van der Waals surface area contributed by atoms with Crippen LogP contribution in [0.15, 0.2) is 0 Å². The van der Waals surface area contributed by atoms with Gasteiger partial charge < -0.3 is 5.11 Å². The monoisotopic (exact) mass is 238 g/mol. The van der Waals surface area contributed by atoms with Crippen LogP contribution in [0, 0.1) is 9.85 Å². The van der Waals surface area contributed by atoms with E-state index in [1.807, 2.05) is 22.6 Å². The minimum Gasteiger partial charge on any atom is -0.396 e. The van der Waals surface area contributed by atoms with Crippen LogP contribution in [0.1, 0.15) is 25.7 Å². The number of aliphatic hydroxyl groups is 1. The maximum absolute atomic E-state index is 8.39. The van der Waals surface area contributed by atoms with E-state index in [1.54, 1.807) is 0 Å². The van der Waals surface area contributed by atoms with Gasteiger partial charge in [-0.25, -0.2) is 0 Å². The molecule has 0 bridgehead atoms. The van der Waals surface area contributed by atoms with Gasteiger partial charge in [0.05, 0.1) is 0 Å². The minimum atomic E-state index is 0.317. The van der Waals surface area contributed by atoms with Gasteiger partial charge in [-0.15, -0.1) is 0 Å². The molecule has 0 atom stereocenters. The van der Waals surface area contributed by atoms with E-state index in [2.05, 4.69) is 9.85 Å². The summed E-state index contributed by atoms with van der Waals surface area (Å²) < 4.78 is 2.80. The molecule has 0 aliphatic carbocycles. The van der Waals surface area contributed by atoms with Crippen molar-refractivity contribution in [3.05, 3.63) is 0 Å². The van der Waals surface area contributed by atoms with Crippen LogP contribution in [0.25, 0.3) is 0 Å². The van der Waals surface area contributed by atoms with Crippen molar-refractivity contribution in [3.63, 3.8) is 0 Å². The van der Waals surface area contributed by atoms with Gasteiger partial charge in [0.2, 0.25) is 0 Å². The molecule has 0 heterocycles. The van der Waals surface area contributed by atoms with Crippen LogP contribution in [0.2, 0.25) is 0 Å². The predicted molar refractivity (Wildman–Crippen MR) is 47.3 cm³/mol. The lowest BCUT2D eigenvalue weighted by Crippen LogP contribution is -1.81. The first-order valence-electron chi connectivity index (χ1n) is 3.11. The van der Waals surface area contributed by atoms with Gasteiger partial charge in [-0.1, -0.05) is 12.3 Å². The Balaban J connectivity index is 2.80. The van der Waals surface area contributed by atoms with E-state index in [4.69, 9.17) is 5.11 Å². The number of rotatable bonds is 4. The second-order valence-electron chi connectivity index (χ2n) is 1.81. The average Bonchev–Trinajstić information content (AvgIpc) is 1.89. The van der Waals surface area contributed by atoms with Crippen molar-refractivity contribution in [2.75, 3.05) is 6.61 Å². The number of hydrogen-bond acceptors (Lipinski definition) is 1. The van der Waals surface area contributed by atoms with Gasteiger partial charge in [-0.3, -0.25) is 0 Å². The summed E-state index contributed by atoms with van der Waals surface area (Å²) in [7, 11) is 0. The van der Waals surface area contributed by atoms with Crippen molar-refractivity contribution in [2.45, 2.75) is 25.7 Å². The van der Waals surface area contributed by atoms with E-state index in [0.717, 1.165) is 25.7 Å². The third kappa shape index (κ3) is 8.25. The SMILES string of the molecule is OCCCCCC#CI. The van der Waals surface area contributed by atoms with Crippen LogP contribution in [-0.2, 0) is 0 Å². The van der Waals surface area contributed by atoms with E-state index >= 15 is 0 Å². The fraction of sp³-hybridized carbons (Fsp3) is 0.714. The summed E-state index contributed by atoms with van der Waals surface area (Å²) >= 11 is 2.04. The van der Waals surface area contributed by atoms with Gasteiger partial charge in [-0.05, 0) is 16.8 Å². The molecule has 0 aliphatic rings. The van der Waals surface area contributed by atoms with Crippen LogP contribution in [0.5, 0.6) is 0 Å². The van der Waals surface area contributed by atoms with Crippen LogP contribution < -0.4 is 0 Å². The lowest BCUT2D eigenvalue weighted by Gasteiger charge is -1.90. The molecule has 0 spiro atoms. The van der Waals surface area contributed by atoms with Gasteiger partial charge in [-0.2, -0.15) is 0 Å². The highest BCUT2D eigenvalue weighted by molar-refractivity contribution is 14.1. The molecule has 9 heavy (non-hydrogen) atoms. The van der Waals surface area contributed by atoms with E-state index in [-0.39, 0.29) is 0 Å². The third-order valence-corrected chi connectivity index (χ3v) is 1.41. The first-order chi connectivity index (χ1) is 4.41. The van der Waals surface area contributed by atoms with Gasteiger partial charge in [0, 0.05) is 35.6 Å². The van der Waals surface area contributed by atoms with E-state index < -0.39 is 0 Å². The summed E-state index contributed by atoms with van der Waals surface area (Å²) in [5, 5.41) is 8.39. The average molecular weight is 238 g/mol. The topological polar surface area (TPSA) is 20.2 Å². The Hall–Kier alpha value is 0.250. The zero-order chi connectivity index (χ0) is 6.95. The summed E-state index contributed by atoms with van der Waals surface area (Å²) in [6.07, 6.45) is 4.12. The second-order valence-corrected chi connectivity index (χ2v) is 2.34. The van der Waals surface area contributed by atoms with Crippen LogP contribution in [-0.4, -0.2) is 11.7 Å². The minimum absolute atomic E-state index is 0.317. The van der Waals surface area contributed by atoms with Gasteiger partial charge >= 0.3 is 0 Å². The molecule has 0 aliphatic heterocycles. The van der Waals surface area contributed by atoms with Crippen LogP contribution in [0.4, 0.5) is 0 Å². The molecule has 0 saturated heterocycles. The first-order valence-corrected chi connectivity index (χ1v) is 4.19. The molecular formula is C7H11IO. The van der Waals surface area contributed by atoms with E-state index in [9.17, 15) is 0 Å². The summed E-state index contributed by atoms with van der Waals surface area (Å²) in [6, 6.07) is 0. The summed E-state index contributed by atoms with van der Waals surface area (Å²) in [4.78, 5) is 0. The fourth-order valence-electron chi connectivity index (χ4n) is 0.549. The van der Waals surface area contributed by atoms with Crippen molar-refractivity contribution >= 4 is 22.6 Å². The highest BCUT2D eigenvalue weighted by Crippen LogP contribution is 1.97.